The van der Waals surface area contributed by atoms with Crippen LogP contribution in [0.2, 0.25) is 0 Å². The van der Waals surface area contributed by atoms with Crippen molar-refractivity contribution in [3.8, 4) is 0 Å². The fourth-order valence-electron chi connectivity index (χ4n) is 3.22. The molecular weight excluding hydrogens is 318 g/mol. The fraction of sp³-hybridized carbons (Fsp3) is 0.300. The Hall–Kier alpha value is -2.82. The first-order valence-corrected chi connectivity index (χ1v) is 8.33. The summed E-state index contributed by atoms with van der Waals surface area (Å²) in [5.74, 6) is -0.832. The van der Waals surface area contributed by atoms with Crippen LogP contribution in [0.4, 0.5) is 10.5 Å². The maximum atomic E-state index is 12.6. The fourth-order valence-corrected chi connectivity index (χ4v) is 3.22. The van der Waals surface area contributed by atoms with E-state index in [9.17, 15) is 14.7 Å². The van der Waals surface area contributed by atoms with Crippen LogP contribution in [-0.4, -0.2) is 23.7 Å². The molecule has 0 aliphatic carbocycles. The predicted molar refractivity (Wildman–Crippen MR) is 95.1 cm³/mol. The number of aromatic carboxylic acids is 1. The van der Waals surface area contributed by atoms with Gasteiger partial charge in [0, 0.05) is 6.54 Å². The Balaban J connectivity index is 1.90. The Morgan fingerprint density at radius 3 is 2.64 bits per heavy atom. The minimum atomic E-state index is -1.03. The van der Waals surface area contributed by atoms with Gasteiger partial charge in [0.25, 0.3) is 0 Å². The Kier molecular flexibility index (Phi) is 4.74. The van der Waals surface area contributed by atoms with Gasteiger partial charge in [0.05, 0.1) is 11.3 Å². The van der Waals surface area contributed by atoms with Gasteiger partial charge in [-0.25, -0.2) is 9.59 Å². The number of ether oxygens (including phenoxy) is 1. The van der Waals surface area contributed by atoms with Gasteiger partial charge in [0.15, 0.2) is 0 Å². The highest BCUT2D eigenvalue weighted by Gasteiger charge is 2.32. The summed E-state index contributed by atoms with van der Waals surface area (Å²) in [4.78, 5) is 25.8. The van der Waals surface area contributed by atoms with Crippen LogP contribution in [-0.2, 0) is 11.3 Å². The van der Waals surface area contributed by atoms with Gasteiger partial charge in [0.2, 0.25) is 0 Å². The zero-order valence-corrected chi connectivity index (χ0v) is 14.4. The second-order valence-corrected chi connectivity index (χ2v) is 6.44. The first-order valence-electron chi connectivity index (χ1n) is 8.33. The maximum absolute atomic E-state index is 12.6. The highest BCUT2D eigenvalue weighted by molar-refractivity contribution is 6.01. The van der Waals surface area contributed by atoms with E-state index in [1.54, 1.807) is 6.07 Å². The molecule has 0 saturated carbocycles. The molecule has 0 saturated heterocycles. The molecule has 1 heterocycles. The molecule has 0 radical (unpaired) electrons. The quantitative estimate of drug-likeness (QED) is 0.903. The van der Waals surface area contributed by atoms with Crippen LogP contribution in [0.5, 0.6) is 0 Å². The minimum Gasteiger partial charge on any atom is -0.478 e. The smallest absolute Gasteiger partial charge is 0.414 e. The largest absolute Gasteiger partial charge is 0.478 e. The molecule has 0 aromatic heterocycles. The van der Waals surface area contributed by atoms with E-state index < -0.39 is 12.1 Å². The lowest BCUT2D eigenvalue weighted by Crippen LogP contribution is -2.38. The molecule has 2 aromatic carbocycles. The molecule has 1 aliphatic heterocycles. The van der Waals surface area contributed by atoms with E-state index in [0.29, 0.717) is 12.2 Å². The number of carboxylic acid groups (broad SMARTS) is 1. The van der Waals surface area contributed by atoms with Crippen molar-refractivity contribution in [2.24, 2.45) is 0 Å². The number of fused-ring (bicyclic) bond motifs is 1. The number of amides is 1. The van der Waals surface area contributed by atoms with Gasteiger partial charge in [-0.3, -0.25) is 4.90 Å². The second-order valence-electron chi connectivity index (χ2n) is 6.44. The Morgan fingerprint density at radius 2 is 1.96 bits per heavy atom. The average Bonchev–Trinajstić information content (AvgIpc) is 2.60. The Bertz CT molecular complexity index is 801. The van der Waals surface area contributed by atoms with Gasteiger partial charge >= 0.3 is 12.1 Å². The van der Waals surface area contributed by atoms with Gasteiger partial charge in [-0.05, 0) is 42.0 Å². The first kappa shape index (κ1) is 17.0. The normalized spacial score (nSPS) is 16.2. The lowest BCUT2D eigenvalue weighted by atomic mass is 9.88. The highest BCUT2D eigenvalue weighted by atomic mass is 16.6. The van der Waals surface area contributed by atoms with E-state index in [4.69, 9.17) is 4.74 Å². The zero-order chi connectivity index (χ0) is 18.0. The third-order valence-corrected chi connectivity index (χ3v) is 4.53. The number of anilines is 1. The SMILES string of the molecule is Cc1cc(C(=O)O)c2c(c1)C(C)CCN2C(=O)OCc1ccccc1. The van der Waals surface area contributed by atoms with Crippen LogP contribution in [0.15, 0.2) is 42.5 Å². The molecule has 0 spiro atoms. The molecule has 1 N–H and O–H groups in total. The Labute approximate surface area is 146 Å². The summed E-state index contributed by atoms with van der Waals surface area (Å²) in [7, 11) is 0. The summed E-state index contributed by atoms with van der Waals surface area (Å²) >= 11 is 0. The highest BCUT2D eigenvalue weighted by Crippen LogP contribution is 2.39. The lowest BCUT2D eigenvalue weighted by Gasteiger charge is -2.33. The monoisotopic (exact) mass is 339 g/mol. The van der Waals surface area contributed by atoms with Crippen molar-refractivity contribution in [1.82, 2.24) is 0 Å². The van der Waals surface area contributed by atoms with E-state index >= 15 is 0 Å². The molecule has 1 unspecified atom stereocenters. The van der Waals surface area contributed by atoms with Crippen molar-refractivity contribution in [3.05, 3.63) is 64.7 Å². The van der Waals surface area contributed by atoms with E-state index in [1.807, 2.05) is 43.3 Å². The molecule has 2 aromatic rings. The van der Waals surface area contributed by atoms with Crippen LogP contribution in [0.3, 0.4) is 0 Å². The number of benzene rings is 2. The number of carbonyl (C=O) groups excluding carboxylic acids is 1. The molecule has 5 nitrogen and oxygen atoms in total. The van der Waals surface area contributed by atoms with Gasteiger partial charge in [-0.15, -0.1) is 0 Å². The van der Waals surface area contributed by atoms with Crippen molar-refractivity contribution in [1.29, 1.82) is 0 Å². The topological polar surface area (TPSA) is 66.8 Å². The summed E-state index contributed by atoms with van der Waals surface area (Å²) in [6, 6.07) is 13.0. The van der Waals surface area contributed by atoms with Gasteiger partial charge in [0.1, 0.15) is 6.61 Å². The van der Waals surface area contributed by atoms with Gasteiger partial charge < -0.3 is 9.84 Å². The van der Waals surface area contributed by atoms with Gasteiger partial charge in [-0.1, -0.05) is 43.3 Å². The molecule has 5 heteroatoms. The van der Waals surface area contributed by atoms with Crippen LogP contribution in [0.1, 0.15) is 46.3 Å². The number of aryl methyl sites for hydroxylation is 1. The molecular formula is C20H21NO4. The van der Waals surface area contributed by atoms with Crippen molar-refractivity contribution in [2.75, 3.05) is 11.4 Å². The molecule has 1 atom stereocenters. The number of carboxylic acids is 1. The Morgan fingerprint density at radius 1 is 1.24 bits per heavy atom. The summed E-state index contributed by atoms with van der Waals surface area (Å²) in [5, 5.41) is 9.58. The zero-order valence-electron chi connectivity index (χ0n) is 14.4. The third kappa shape index (κ3) is 3.50. The van der Waals surface area contributed by atoms with Crippen molar-refractivity contribution in [3.63, 3.8) is 0 Å². The lowest BCUT2D eigenvalue weighted by molar-refractivity contribution is 0.0697. The van der Waals surface area contributed by atoms with Crippen LogP contribution in [0.25, 0.3) is 0 Å². The number of carbonyl (C=O) groups is 2. The molecule has 25 heavy (non-hydrogen) atoms. The van der Waals surface area contributed by atoms with Gasteiger partial charge in [-0.2, -0.15) is 0 Å². The van der Waals surface area contributed by atoms with Crippen LogP contribution < -0.4 is 4.90 Å². The number of hydrogen-bond acceptors (Lipinski definition) is 3. The van der Waals surface area contributed by atoms with E-state index in [2.05, 4.69) is 6.92 Å². The maximum Gasteiger partial charge on any atom is 0.414 e. The number of hydrogen-bond donors (Lipinski definition) is 1. The van der Waals surface area contributed by atoms with E-state index in [0.717, 1.165) is 23.1 Å². The standard InChI is InChI=1S/C20H21NO4/c1-13-10-16-14(2)8-9-21(18(16)17(11-13)19(22)23)20(24)25-12-15-6-4-3-5-7-15/h3-7,10-11,14H,8-9,12H2,1-2H3,(H,22,23). The van der Waals surface area contributed by atoms with Crippen molar-refractivity contribution in [2.45, 2.75) is 32.8 Å². The minimum absolute atomic E-state index is 0.151. The van der Waals surface area contributed by atoms with Crippen molar-refractivity contribution < 1.29 is 19.4 Å². The molecule has 1 aliphatic rings. The number of nitrogens with zero attached hydrogens (tertiary/aromatic N) is 1. The van der Waals surface area contributed by atoms with E-state index in [1.165, 1.54) is 4.90 Å². The third-order valence-electron chi connectivity index (χ3n) is 4.53. The van der Waals surface area contributed by atoms with E-state index in [-0.39, 0.29) is 18.1 Å². The van der Waals surface area contributed by atoms with Crippen LogP contribution >= 0.6 is 0 Å². The molecule has 3 rings (SSSR count). The molecule has 1 amide bonds. The summed E-state index contributed by atoms with van der Waals surface area (Å²) in [5.41, 5.74) is 3.28. The first-order chi connectivity index (χ1) is 12.0. The molecule has 0 fully saturated rings. The van der Waals surface area contributed by atoms with Crippen LogP contribution in [0, 0.1) is 6.92 Å². The van der Waals surface area contributed by atoms with Crippen molar-refractivity contribution >= 4 is 17.7 Å². The summed E-state index contributed by atoms with van der Waals surface area (Å²) in [6.07, 6.45) is 0.263. The summed E-state index contributed by atoms with van der Waals surface area (Å²) < 4.78 is 5.42. The second kappa shape index (κ2) is 6.97. The number of rotatable bonds is 3. The average molecular weight is 339 g/mol. The predicted octanol–water partition coefficient (Wildman–Crippen LogP) is 4.34. The summed E-state index contributed by atoms with van der Waals surface area (Å²) in [6.45, 7) is 4.53. The molecule has 0 bridgehead atoms. The molecule has 130 valence electrons.